The zero-order chi connectivity index (χ0) is 24.3. The maximum Gasteiger partial charge on any atom is 0.416 e. The molecule has 1 saturated heterocycles. The monoisotopic (exact) mass is 465 g/mol. The number of rotatable bonds is 4. The van der Waals surface area contributed by atoms with E-state index in [4.69, 9.17) is 0 Å². The quantitative estimate of drug-likeness (QED) is 0.535. The van der Waals surface area contributed by atoms with Crippen LogP contribution in [-0.2, 0) is 6.18 Å². The van der Waals surface area contributed by atoms with Crippen molar-refractivity contribution in [2.24, 2.45) is 5.41 Å². The first-order valence-electron chi connectivity index (χ1n) is 10.8. The number of carbonyl (C=O) groups is 1. The minimum Gasteiger partial charge on any atom is -0.338 e. The number of carbonyl (C=O) groups excluding carboxylic acids is 1. The second kappa shape index (κ2) is 9.21. The van der Waals surface area contributed by atoms with Gasteiger partial charge in [-0.2, -0.15) is 18.4 Å². The second-order valence-corrected chi connectivity index (χ2v) is 8.40. The molecule has 1 amide bonds. The average Bonchev–Trinajstić information content (AvgIpc) is 2.88. The smallest absolute Gasteiger partial charge is 0.338 e. The fraction of sp³-hybridized carbons (Fsp3) is 0.320. The predicted molar refractivity (Wildman–Crippen MR) is 118 cm³/mol. The third-order valence-corrected chi connectivity index (χ3v) is 6.60. The van der Waals surface area contributed by atoms with Crippen molar-refractivity contribution in [3.05, 3.63) is 77.9 Å². The number of aromatic nitrogens is 3. The lowest BCUT2D eigenvalue weighted by Crippen LogP contribution is -2.44. The summed E-state index contributed by atoms with van der Waals surface area (Å²) in [6, 6.07) is 12.4. The van der Waals surface area contributed by atoms with Crippen LogP contribution < -0.4 is 0 Å². The van der Waals surface area contributed by atoms with Crippen LogP contribution in [0.1, 0.15) is 47.2 Å². The molecule has 1 fully saturated rings. The number of pyridine rings is 1. The summed E-state index contributed by atoms with van der Waals surface area (Å²) in [5.41, 5.74) is 0.601. The van der Waals surface area contributed by atoms with Crippen LogP contribution in [0.5, 0.6) is 0 Å². The Morgan fingerprint density at radius 2 is 1.79 bits per heavy atom. The van der Waals surface area contributed by atoms with Gasteiger partial charge in [0.15, 0.2) is 0 Å². The number of hydrogen-bond acceptors (Lipinski definition) is 5. The van der Waals surface area contributed by atoms with Crippen molar-refractivity contribution in [3.63, 3.8) is 0 Å². The van der Waals surface area contributed by atoms with Gasteiger partial charge >= 0.3 is 6.18 Å². The lowest BCUT2D eigenvalue weighted by Gasteiger charge is -2.41. The van der Waals surface area contributed by atoms with Crippen molar-refractivity contribution in [1.29, 1.82) is 5.26 Å². The molecule has 6 nitrogen and oxygen atoms in total. The highest BCUT2D eigenvalue weighted by molar-refractivity contribution is 5.99. The van der Waals surface area contributed by atoms with E-state index in [1.807, 2.05) is 6.92 Å². The number of nitriles is 1. The summed E-state index contributed by atoms with van der Waals surface area (Å²) >= 11 is 0. The molecule has 0 bridgehead atoms. The molecule has 0 radical (unpaired) electrons. The minimum absolute atomic E-state index is 0.199. The third-order valence-electron chi connectivity index (χ3n) is 6.60. The molecule has 0 aliphatic carbocycles. The van der Waals surface area contributed by atoms with E-state index in [1.54, 1.807) is 35.5 Å². The van der Waals surface area contributed by atoms with Gasteiger partial charge in [-0.05, 0) is 54.7 Å². The molecule has 9 heteroatoms. The molecular formula is C25H22F3N5O. The molecule has 4 rings (SSSR count). The molecule has 0 spiro atoms. The van der Waals surface area contributed by atoms with E-state index < -0.39 is 17.2 Å². The highest BCUT2D eigenvalue weighted by atomic mass is 19.4. The maximum absolute atomic E-state index is 13.3. The number of benzene rings is 1. The Labute approximate surface area is 195 Å². The molecule has 1 aliphatic heterocycles. The molecule has 2 aromatic heterocycles. The van der Waals surface area contributed by atoms with Crippen molar-refractivity contribution >= 4 is 5.91 Å². The summed E-state index contributed by atoms with van der Waals surface area (Å²) in [4.78, 5) is 27.4. The van der Waals surface area contributed by atoms with E-state index in [2.05, 4.69) is 21.0 Å². The topological polar surface area (TPSA) is 82.8 Å². The Bertz CT molecular complexity index is 1200. The van der Waals surface area contributed by atoms with Crippen molar-refractivity contribution in [2.75, 3.05) is 13.1 Å². The van der Waals surface area contributed by atoms with Crippen LogP contribution in [0.25, 0.3) is 11.4 Å². The average molecular weight is 465 g/mol. The molecule has 0 N–H and O–H groups in total. The van der Waals surface area contributed by atoms with Crippen molar-refractivity contribution in [1.82, 2.24) is 19.9 Å². The van der Waals surface area contributed by atoms with Crippen molar-refractivity contribution < 1.29 is 18.0 Å². The van der Waals surface area contributed by atoms with E-state index in [-0.39, 0.29) is 11.8 Å². The first kappa shape index (κ1) is 23.4. The van der Waals surface area contributed by atoms with Gasteiger partial charge in [0.2, 0.25) is 0 Å². The van der Waals surface area contributed by atoms with Crippen LogP contribution in [0.3, 0.4) is 0 Å². The summed E-state index contributed by atoms with van der Waals surface area (Å²) in [7, 11) is 0. The molecule has 0 saturated carbocycles. The van der Waals surface area contributed by atoms with E-state index in [1.165, 1.54) is 18.5 Å². The standard InChI is InChI=1S/C25H22F3N5O/c1-17(18-4-6-19(7-5-18)25(26,27)28)24(15-29)9-13-33(14-10-24)23(34)20-3-2-11-31-22(20)21-8-12-30-16-32-21/h2-8,11-12,16-17H,9-10,13-14H2,1H3/t17-/m0/s1. The van der Waals surface area contributed by atoms with Gasteiger partial charge in [-0.15, -0.1) is 0 Å². The molecule has 0 unspecified atom stereocenters. The molecular weight excluding hydrogens is 443 g/mol. The Balaban J connectivity index is 1.51. The van der Waals surface area contributed by atoms with Crippen LogP contribution in [-0.4, -0.2) is 38.8 Å². The second-order valence-electron chi connectivity index (χ2n) is 8.40. The van der Waals surface area contributed by atoms with Crippen LogP contribution >= 0.6 is 0 Å². The number of likely N-dealkylation sites (tertiary alicyclic amines) is 1. The SMILES string of the molecule is C[C@@H](c1ccc(C(F)(F)F)cc1)C1(C#N)CCN(C(=O)c2cccnc2-c2ccncn2)CC1. The molecule has 174 valence electrons. The van der Waals surface area contributed by atoms with Gasteiger partial charge in [0.1, 0.15) is 12.0 Å². The van der Waals surface area contributed by atoms with E-state index in [9.17, 15) is 23.2 Å². The van der Waals surface area contributed by atoms with E-state index in [0.717, 1.165) is 12.1 Å². The van der Waals surface area contributed by atoms with Crippen LogP contribution in [0.2, 0.25) is 0 Å². The van der Waals surface area contributed by atoms with Gasteiger partial charge in [-0.1, -0.05) is 19.1 Å². The Hall–Kier alpha value is -3.80. The highest BCUT2D eigenvalue weighted by Crippen LogP contribution is 2.44. The van der Waals surface area contributed by atoms with Crippen LogP contribution in [0.15, 0.2) is 61.2 Å². The summed E-state index contributed by atoms with van der Waals surface area (Å²) in [6.07, 6.45) is 0.994. The number of halogens is 3. The molecule has 1 aromatic carbocycles. The van der Waals surface area contributed by atoms with Gasteiger partial charge in [0.25, 0.3) is 5.91 Å². The van der Waals surface area contributed by atoms with Gasteiger partial charge in [-0.25, -0.2) is 9.97 Å². The zero-order valence-corrected chi connectivity index (χ0v) is 18.5. The van der Waals surface area contributed by atoms with Gasteiger partial charge < -0.3 is 4.90 Å². The zero-order valence-electron chi connectivity index (χ0n) is 18.5. The van der Waals surface area contributed by atoms with E-state index in [0.29, 0.717) is 48.4 Å². The van der Waals surface area contributed by atoms with Gasteiger partial charge in [0.05, 0.1) is 28.3 Å². The predicted octanol–water partition coefficient (Wildman–Crippen LogP) is 5.11. The fourth-order valence-corrected chi connectivity index (χ4v) is 4.41. The largest absolute Gasteiger partial charge is 0.416 e. The molecule has 34 heavy (non-hydrogen) atoms. The lowest BCUT2D eigenvalue weighted by atomic mass is 9.68. The first-order chi connectivity index (χ1) is 16.2. The van der Waals surface area contributed by atoms with Crippen molar-refractivity contribution in [3.8, 4) is 17.5 Å². The van der Waals surface area contributed by atoms with Crippen LogP contribution in [0.4, 0.5) is 13.2 Å². The fourth-order valence-electron chi connectivity index (χ4n) is 4.41. The highest BCUT2D eigenvalue weighted by Gasteiger charge is 2.42. The summed E-state index contributed by atoms with van der Waals surface area (Å²) in [5, 5.41) is 10.0. The minimum atomic E-state index is -4.41. The van der Waals surface area contributed by atoms with Crippen molar-refractivity contribution in [2.45, 2.75) is 31.9 Å². The summed E-state index contributed by atoms with van der Waals surface area (Å²) in [6.45, 7) is 2.57. The summed E-state index contributed by atoms with van der Waals surface area (Å²) < 4.78 is 38.7. The number of amides is 1. The normalized spacial score (nSPS) is 16.5. The molecule has 1 atom stereocenters. The third kappa shape index (κ3) is 4.49. The number of hydrogen-bond donors (Lipinski definition) is 0. The Kier molecular flexibility index (Phi) is 6.33. The lowest BCUT2D eigenvalue weighted by molar-refractivity contribution is -0.137. The Morgan fingerprint density at radius 1 is 1.09 bits per heavy atom. The number of piperidine rings is 1. The first-order valence-corrected chi connectivity index (χ1v) is 10.8. The number of nitrogens with zero attached hydrogens (tertiary/aromatic N) is 5. The summed E-state index contributed by atoms with van der Waals surface area (Å²) in [5.74, 6) is -0.484. The Morgan fingerprint density at radius 3 is 2.38 bits per heavy atom. The molecule has 1 aliphatic rings. The molecule has 3 aromatic rings. The maximum atomic E-state index is 13.3. The van der Waals surface area contributed by atoms with Crippen LogP contribution in [0, 0.1) is 16.7 Å². The molecule has 3 heterocycles. The van der Waals surface area contributed by atoms with E-state index >= 15 is 0 Å². The van der Waals surface area contributed by atoms with Gasteiger partial charge in [-0.3, -0.25) is 9.78 Å². The number of alkyl halides is 3. The van der Waals surface area contributed by atoms with Gasteiger partial charge in [0, 0.05) is 25.5 Å².